The van der Waals surface area contributed by atoms with Crippen LogP contribution in [0.5, 0.6) is 5.75 Å². The molecule has 0 aliphatic carbocycles. The van der Waals surface area contributed by atoms with Crippen molar-refractivity contribution in [3.63, 3.8) is 0 Å². The third-order valence-corrected chi connectivity index (χ3v) is 3.10. The lowest BCUT2D eigenvalue weighted by atomic mass is 10.1. The predicted octanol–water partition coefficient (Wildman–Crippen LogP) is 2.07. The van der Waals surface area contributed by atoms with E-state index in [0.717, 1.165) is 0 Å². The van der Waals surface area contributed by atoms with Gasteiger partial charge < -0.3 is 10.1 Å². The average molecular weight is 270 g/mol. The molecule has 20 heavy (non-hydrogen) atoms. The van der Waals surface area contributed by atoms with Gasteiger partial charge in [-0.1, -0.05) is 12.1 Å². The van der Waals surface area contributed by atoms with Gasteiger partial charge in [0.05, 0.1) is 6.33 Å². The summed E-state index contributed by atoms with van der Waals surface area (Å²) in [5.74, 6) is 0.134. The molecule has 0 unspecified atom stereocenters. The van der Waals surface area contributed by atoms with Crippen LogP contribution in [0.2, 0.25) is 0 Å². The Hall–Kier alpha value is -2.63. The normalized spacial score (nSPS) is 11.3. The van der Waals surface area contributed by atoms with E-state index in [1.807, 2.05) is 13.8 Å². The number of hydrogen-bond donors (Lipinski definition) is 2. The number of phenolic OH excluding ortho intramolecular Hbond substituents is 1. The Morgan fingerprint density at radius 2 is 2.15 bits per heavy atom. The zero-order valence-corrected chi connectivity index (χ0v) is 11.2. The third-order valence-electron chi connectivity index (χ3n) is 3.10. The van der Waals surface area contributed by atoms with Crippen molar-refractivity contribution in [2.75, 3.05) is 0 Å². The number of nitrogens with one attached hydrogen (secondary N) is 1. The van der Waals surface area contributed by atoms with Crippen LogP contribution < -0.4 is 5.56 Å². The highest BCUT2D eigenvalue weighted by molar-refractivity contribution is 5.90. The summed E-state index contributed by atoms with van der Waals surface area (Å²) in [5.41, 5.74) is 1.52. The van der Waals surface area contributed by atoms with E-state index in [4.69, 9.17) is 0 Å². The zero-order chi connectivity index (χ0) is 14.3. The predicted molar refractivity (Wildman–Crippen MR) is 75.6 cm³/mol. The zero-order valence-electron chi connectivity index (χ0n) is 11.2. The topological polar surface area (TPSA) is 83.8 Å². The van der Waals surface area contributed by atoms with Crippen LogP contribution in [0.1, 0.15) is 19.9 Å². The van der Waals surface area contributed by atoms with Gasteiger partial charge in [0, 0.05) is 11.6 Å². The van der Waals surface area contributed by atoms with Gasteiger partial charge in [-0.15, -0.1) is 0 Å². The summed E-state index contributed by atoms with van der Waals surface area (Å²) >= 11 is 0. The molecule has 0 bridgehead atoms. The van der Waals surface area contributed by atoms with E-state index >= 15 is 0 Å². The van der Waals surface area contributed by atoms with Crippen molar-refractivity contribution in [2.45, 2.75) is 19.9 Å². The molecule has 3 aromatic rings. The first-order valence-electron chi connectivity index (χ1n) is 6.33. The Kier molecular flexibility index (Phi) is 2.78. The maximum Gasteiger partial charge on any atom is 0.262 e. The summed E-state index contributed by atoms with van der Waals surface area (Å²) in [7, 11) is 0. The van der Waals surface area contributed by atoms with E-state index < -0.39 is 0 Å². The number of hydrogen-bond acceptors (Lipinski definition) is 4. The van der Waals surface area contributed by atoms with E-state index in [1.165, 1.54) is 6.33 Å². The lowest BCUT2D eigenvalue weighted by molar-refractivity contribution is 0.475. The molecule has 102 valence electrons. The summed E-state index contributed by atoms with van der Waals surface area (Å²) in [6, 6.07) is 6.76. The van der Waals surface area contributed by atoms with Crippen molar-refractivity contribution >= 4 is 11.0 Å². The maximum atomic E-state index is 12.1. The summed E-state index contributed by atoms with van der Waals surface area (Å²) in [6.45, 7) is 3.95. The van der Waals surface area contributed by atoms with Crippen molar-refractivity contribution < 1.29 is 5.11 Å². The maximum absolute atomic E-state index is 12.1. The highest BCUT2D eigenvalue weighted by Gasteiger charge is 2.18. The highest BCUT2D eigenvalue weighted by atomic mass is 16.3. The highest BCUT2D eigenvalue weighted by Crippen LogP contribution is 2.28. The van der Waals surface area contributed by atoms with Gasteiger partial charge in [-0.3, -0.25) is 4.79 Å². The number of H-pyrrole nitrogens is 1. The number of nitrogens with zero attached hydrogens (tertiary/aromatic N) is 3. The van der Waals surface area contributed by atoms with Gasteiger partial charge in [0.1, 0.15) is 16.8 Å². The molecule has 0 aliphatic heterocycles. The summed E-state index contributed by atoms with van der Waals surface area (Å²) < 4.78 is 1.71. The molecule has 6 heteroatoms. The Balaban J connectivity index is 2.39. The molecule has 2 heterocycles. The van der Waals surface area contributed by atoms with Crippen LogP contribution in [-0.4, -0.2) is 24.9 Å². The molecule has 0 saturated heterocycles. The standard InChI is InChI=1S/C14H14N4O2/c1-8(2)18-13-11(14(20)16-7-15-13)12(17-18)9-4-3-5-10(19)6-9/h3-8,19H,1-2H3,(H,15,16,20). The minimum atomic E-state index is -0.236. The fourth-order valence-electron chi connectivity index (χ4n) is 2.20. The number of benzene rings is 1. The minimum Gasteiger partial charge on any atom is -0.508 e. The molecule has 3 rings (SSSR count). The number of aromatic nitrogens is 4. The first kappa shape index (κ1) is 12.4. The van der Waals surface area contributed by atoms with Crippen molar-refractivity contribution in [3.8, 4) is 17.0 Å². The fraction of sp³-hybridized carbons (Fsp3) is 0.214. The Morgan fingerprint density at radius 3 is 2.85 bits per heavy atom. The van der Waals surface area contributed by atoms with Crippen LogP contribution in [0.4, 0.5) is 0 Å². The van der Waals surface area contributed by atoms with Gasteiger partial charge >= 0.3 is 0 Å². The molecular weight excluding hydrogens is 256 g/mol. The summed E-state index contributed by atoms with van der Waals surface area (Å²) in [6.07, 6.45) is 1.37. The van der Waals surface area contributed by atoms with E-state index in [1.54, 1.807) is 28.9 Å². The number of aromatic hydroxyl groups is 1. The molecule has 2 N–H and O–H groups in total. The van der Waals surface area contributed by atoms with Crippen molar-refractivity contribution in [2.24, 2.45) is 0 Å². The average Bonchev–Trinajstić information content (AvgIpc) is 2.80. The summed E-state index contributed by atoms with van der Waals surface area (Å²) in [5, 5.41) is 14.5. The fourth-order valence-corrected chi connectivity index (χ4v) is 2.20. The molecule has 6 nitrogen and oxygen atoms in total. The Morgan fingerprint density at radius 1 is 1.35 bits per heavy atom. The Bertz CT molecular complexity index is 833. The van der Waals surface area contributed by atoms with E-state index in [9.17, 15) is 9.90 Å². The summed E-state index contributed by atoms with van der Waals surface area (Å²) in [4.78, 5) is 18.9. The second kappa shape index (κ2) is 4.48. The van der Waals surface area contributed by atoms with Gasteiger partial charge in [-0.05, 0) is 26.0 Å². The molecule has 0 aliphatic rings. The molecule has 0 radical (unpaired) electrons. The first-order valence-corrected chi connectivity index (χ1v) is 6.33. The van der Waals surface area contributed by atoms with Crippen LogP contribution in [0, 0.1) is 0 Å². The van der Waals surface area contributed by atoms with Crippen LogP contribution in [0.15, 0.2) is 35.4 Å². The van der Waals surface area contributed by atoms with Crippen LogP contribution in [0.25, 0.3) is 22.3 Å². The van der Waals surface area contributed by atoms with Crippen molar-refractivity contribution in [1.82, 2.24) is 19.7 Å². The van der Waals surface area contributed by atoms with Crippen LogP contribution >= 0.6 is 0 Å². The van der Waals surface area contributed by atoms with E-state index in [0.29, 0.717) is 22.3 Å². The van der Waals surface area contributed by atoms with Gasteiger partial charge in [-0.2, -0.15) is 5.10 Å². The smallest absolute Gasteiger partial charge is 0.262 e. The molecule has 0 atom stereocenters. The minimum absolute atomic E-state index is 0.0814. The SMILES string of the molecule is CC(C)n1nc(-c2cccc(O)c2)c2c(=O)[nH]cnc21. The molecule has 0 amide bonds. The van der Waals surface area contributed by atoms with Gasteiger partial charge in [0.25, 0.3) is 5.56 Å². The molecule has 0 saturated carbocycles. The number of rotatable bonds is 2. The van der Waals surface area contributed by atoms with Gasteiger partial charge in [0.15, 0.2) is 5.65 Å². The Labute approximate surface area is 114 Å². The van der Waals surface area contributed by atoms with Crippen molar-refractivity contribution in [3.05, 3.63) is 40.9 Å². The second-order valence-electron chi connectivity index (χ2n) is 4.87. The molecule has 0 fully saturated rings. The molecular formula is C14H14N4O2. The van der Waals surface area contributed by atoms with Crippen LogP contribution in [0.3, 0.4) is 0 Å². The van der Waals surface area contributed by atoms with E-state index in [-0.39, 0.29) is 17.4 Å². The largest absolute Gasteiger partial charge is 0.508 e. The lowest BCUT2D eigenvalue weighted by Crippen LogP contribution is -2.08. The number of aromatic amines is 1. The number of fused-ring (bicyclic) bond motifs is 1. The molecule has 0 spiro atoms. The number of phenols is 1. The molecule has 2 aromatic heterocycles. The van der Waals surface area contributed by atoms with Crippen molar-refractivity contribution in [1.29, 1.82) is 0 Å². The van der Waals surface area contributed by atoms with E-state index in [2.05, 4.69) is 15.1 Å². The monoisotopic (exact) mass is 270 g/mol. The molecule has 1 aromatic carbocycles. The van der Waals surface area contributed by atoms with Crippen LogP contribution in [-0.2, 0) is 0 Å². The van der Waals surface area contributed by atoms with Gasteiger partial charge in [-0.25, -0.2) is 9.67 Å². The first-order chi connectivity index (χ1) is 9.58. The quantitative estimate of drug-likeness (QED) is 0.746. The third kappa shape index (κ3) is 1.85. The second-order valence-corrected chi connectivity index (χ2v) is 4.87. The lowest BCUT2D eigenvalue weighted by Gasteiger charge is -2.05. The van der Waals surface area contributed by atoms with Gasteiger partial charge in [0.2, 0.25) is 0 Å².